The van der Waals surface area contributed by atoms with Gasteiger partial charge in [-0.25, -0.2) is 9.97 Å². The fraction of sp³-hybridized carbons (Fsp3) is 0.100. The Labute approximate surface area is 139 Å². The van der Waals surface area contributed by atoms with Crippen LogP contribution in [0.2, 0.25) is 0 Å². The standard InChI is InChI=1S/C20H16N4/c1-13-7-5-8-14(2)18(13)23-16-10-3-4-11-17(16)24-19-15(22-20(23)24)9-6-12-21-19/h3-12H,1-2H3. The maximum Gasteiger partial charge on any atom is 0.221 e. The van der Waals surface area contributed by atoms with Crippen LogP contribution in [0.5, 0.6) is 0 Å². The van der Waals surface area contributed by atoms with Gasteiger partial charge in [0.25, 0.3) is 0 Å². The molecule has 0 saturated heterocycles. The highest BCUT2D eigenvalue weighted by Crippen LogP contribution is 2.30. The van der Waals surface area contributed by atoms with Gasteiger partial charge in [-0.2, -0.15) is 0 Å². The zero-order valence-electron chi connectivity index (χ0n) is 13.6. The second-order valence-electron chi connectivity index (χ2n) is 6.16. The lowest BCUT2D eigenvalue weighted by atomic mass is 10.1. The second kappa shape index (κ2) is 4.68. The van der Waals surface area contributed by atoms with Crippen molar-refractivity contribution >= 4 is 28.0 Å². The Morgan fingerprint density at radius 1 is 0.792 bits per heavy atom. The van der Waals surface area contributed by atoms with E-state index in [4.69, 9.17) is 4.98 Å². The highest BCUT2D eigenvalue weighted by molar-refractivity contribution is 5.90. The first-order valence-electron chi connectivity index (χ1n) is 8.05. The van der Waals surface area contributed by atoms with Gasteiger partial charge in [0.15, 0.2) is 5.65 Å². The molecule has 4 heteroatoms. The highest BCUT2D eigenvalue weighted by atomic mass is 15.2. The predicted octanol–water partition coefficient (Wildman–Crippen LogP) is 4.44. The molecule has 0 aliphatic heterocycles. The van der Waals surface area contributed by atoms with Crippen LogP contribution < -0.4 is 0 Å². The Hall–Kier alpha value is -3.14. The minimum Gasteiger partial charge on any atom is -0.278 e. The molecule has 0 bridgehead atoms. The second-order valence-corrected chi connectivity index (χ2v) is 6.16. The van der Waals surface area contributed by atoms with Gasteiger partial charge in [-0.1, -0.05) is 30.3 Å². The number of fused-ring (bicyclic) bond motifs is 5. The van der Waals surface area contributed by atoms with Crippen molar-refractivity contribution in [2.75, 3.05) is 0 Å². The number of para-hydroxylation sites is 3. The molecule has 0 saturated carbocycles. The summed E-state index contributed by atoms with van der Waals surface area (Å²) in [5.74, 6) is 0.905. The third-order valence-corrected chi connectivity index (χ3v) is 4.62. The predicted molar refractivity (Wildman–Crippen MR) is 96.8 cm³/mol. The molecule has 3 heterocycles. The molecule has 0 fully saturated rings. The lowest BCUT2D eigenvalue weighted by Gasteiger charge is -2.12. The smallest absolute Gasteiger partial charge is 0.221 e. The molecule has 0 amide bonds. The summed E-state index contributed by atoms with van der Waals surface area (Å²) in [4.78, 5) is 9.43. The van der Waals surface area contributed by atoms with Gasteiger partial charge in [0.1, 0.15) is 5.52 Å². The van der Waals surface area contributed by atoms with Crippen molar-refractivity contribution in [1.29, 1.82) is 0 Å². The first-order chi connectivity index (χ1) is 11.8. The van der Waals surface area contributed by atoms with Gasteiger partial charge in [0.05, 0.1) is 16.7 Å². The number of nitrogens with zero attached hydrogens (tertiary/aromatic N) is 4. The Morgan fingerprint density at radius 3 is 2.33 bits per heavy atom. The van der Waals surface area contributed by atoms with E-state index in [1.54, 1.807) is 0 Å². The molecule has 5 aromatic rings. The van der Waals surface area contributed by atoms with Crippen molar-refractivity contribution in [2.45, 2.75) is 13.8 Å². The van der Waals surface area contributed by atoms with Crippen LogP contribution in [-0.4, -0.2) is 18.9 Å². The molecule has 5 rings (SSSR count). The van der Waals surface area contributed by atoms with E-state index >= 15 is 0 Å². The fourth-order valence-corrected chi connectivity index (χ4v) is 3.60. The third kappa shape index (κ3) is 1.62. The van der Waals surface area contributed by atoms with Crippen LogP contribution in [-0.2, 0) is 0 Å². The molecule has 0 radical (unpaired) electrons. The normalized spacial score (nSPS) is 11.8. The first kappa shape index (κ1) is 13.3. The quantitative estimate of drug-likeness (QED) is 0.458. The fourth-order valence-electron chi connectivity index (χ4n) is 3.60. The molecule has 0 aliphatic rings. The van der Waals surface area contributed by atoms with Crippen LogP contribution in [0.3, 0.4) is 0 Å². The number of hydrogen-bond donors (Lipinski definition) is 0. The van der Waals surface area contributed by atoms with E-state index < -0.39 is 0 Å². The number of hydrogen-bond acceptors (Lipinski definition) is 2. The van der Waals surface area contributed by atoms with Gasteiger partial charge in [0, 0.05) is 6.20 Å². The van der Waals surface area contributed by atoms with Crippen LogP contribution in [0, 0.1) is 13.8 Å². The first-order valence-corrected chi connectivity index (χ1v) is 8.05. The SMILES string of the molecule is Cc1cccc(C)c1-n1c2ccccc2n2c3ncccc3nc12. The third-order valence-electron chi connectivity index (χ3n) is 4.62. The van der Waals surface area contributed by atoms with Crippen molar-refractivity contribution in [2.24, 2.45) is 0 Å². The molecule has 116 valence electrons. The Bertz CT molecular complexity index is 1210. The molecule has 4 nitrogen and oxygen atoms in total. The van der Waals surface area contributed by atoms with E-state index in [-0.39, 0.29) is 0 Å². The number of aryl methyl sites for hydroxylation is 2. The molecule has 0 N–H and O–H groups in total. The minimum atomic E-state index is 0.897. The lowest BCUT2D eigenvalue weighted by Crippen LogP contribution is -2.00. The number of benzene rings is 2. The Kier molecular flexibility index (Phi) is 2.59. The zero-order valence-corrected chi connectivity index (χ0v) is 13.6. The maximum atomic E-state index is 4.87. The molecule has 0 unspecified atom stereocenters. The summed E-state index contributed by atoms with van der Waals surface area (Å²) in [6.07, 6.45) is 1.82. The molecular formula is C20H16N4. The number of pyridine rings is 1. The molecule has 0 atom stereocenters. The molecular weight excluding hydrogens is 296 g/mol. The van der Waals surface area contributed by atoms with E-state index in [1.165, 1.54) is 16.8 Å². The van der Waals surface area contributed by atoms with E-state index in [2.05, 4.69) is 70.3 Å². The number of rotatable bonds is 1. The van der Waals surface area contributed by atoms with Gasteiger partial charge in [-0.15, -0.1) is 0 Å². The van der Waals surface area contributed by atoms with E-state index in [9.17, 15) is 0 Å². The topological polar surface area (TPSA) is 35.1 Å². The van der Waals surface area contributed by atoms with Gasteiger partial charge < -0.3 is 0 Å². The van der Waals surface area contributed by atoms with E-state index in [0.717, 1.165) is 28.0 Å². The van der Waals surface area contributed by atoms with Crippen molar-refractivity contribution < 1.29 is 0 Å². The largest absolute Gasteiger partial charge is 0.278 e. The molecule has 24 heavy (non-hydrogen) atoms. The van der Waals surface area contributed by atoms with Crippen molar-refractivity contribution in [3.8, 4) is 5.69 Å². The molecule has 2 aromatic carbocycles. The minimum absolute atomic E-state index is 0.897. The van der Waals surface area contributed by atoms with Crippen molar-refractivity contribution in [3.05, 3.63) is 71.9 Å². The summed E-state index contributed by atoms with van der Waals surface area (Å²) in [7, 11) is 0. The zero-order chi connectivity index (χ0) is 16.3. The van der Waals surface area contributed by atoms with Crippen molar-refractivity contribution in [1.82, 2.24) is 18.9 Å². The van der Waals surface area contributed by atoms with Gasteiger partial charge in [-0.3, -0.25) is 8.97 Å². The molecule has 3 aromatic heterocycles. The number of imidazole rings is 2. The lowest BCUT2D eigenvalue weighted by molar-refractivity contribution is 1.07. The van der Waals surface area contributed by atoms with E-state index in [1.807, 2.05) is 18.3 Å². The highest BCUT2D eigenvalue weighted by Gasteiger charge is 2.19. The summed E-state index contributed by atoms with van der Waals surface area (Å²) < 4.78 is 4.40. The van der Waals surface area contributed by atoms with Crippen LogP contribution in [0.25, 0.3) is 33.7 Å². The van der Waals surface area contributed by atoms with E-state index in [0.29, 0.717) is 0 Å². The summed E-state index contributed by atoms with van der Waals surface area (Å²) in [5.41, 5.74) is 7.74. The molecule has 0 spiro atoms. The number of aromatic nitrogens is 4. The van der Waals surface area contributed by atoms with Crippen LogP contribution in [0.1, 0.15) is 11.1 Å². The maximum absolute atomic E-state index is 4.87. The summed E-state index contributed by atoms with van der Waals surface area (Å²) >= 11 is 0. The average molecular weight is 312 g/mol. The summed E-state index contributed by atoms with van der Waals surface area (Å²) in [5, 5.41) is 0. The van der Waals surface area contributed by atoms with Gasteiger partial charge in [0.2, 0.25) is 5.78 Å². The van der Waals surface area contributed by atoms with Crippen LogP contribution in [0.15, 0.2) is 60.8 Å². The monoisotopic (exact) mass is 312 g/mol. The Balaban J connectivity index is 2.08. The average Bonchev–Trinajstić information content (AvgIpc) is 3.10. The Morgan fingerprint density at radius 2 is 1.54 bits per heavy atom. The molecule has 0 aliphatic carbocycles. The van der Waals surface area contributed by atoms with Crippen LogP contribution >= 0.6 is 0 Å². The van der Waals surface area contributed by atoms with Gasteiger partial charge in [-0.05, 0) is 49.2 Å². The van der Waals surface area contributed by atoms with Crippen molar-refractivity contribution in [3.63, 3.8) is 0 Å². The van der Waals surface area contributed by atoms with Crippen LogP contribution in [0.4, 0.5) is 0 Å². The summed E-state index contributed by atoms with van der Waals surface area (Å²) in [6.45, 7) is 4.29. The van der Waals surface area contributed by atoms with Gasteiger partial charge >= 0.3 is 0 Å². The summed E-state index contributed by atoms with van der Waals surface area (Å²) in [6, 6.07) is 18.7.